The Morgan fingerprint density at radius 2 is 1.02 bits per heavy atom. The fourth-order valence-corrected chi connectivity index (χ4v) is 13.0. The Hall–Kier alpha value is -8.96. The summed E-state index contributed by atoms with van der Waals surface area (Å²) in [4.78, 5) is 174. The first-order chi connectivity index (χ1) is 44.9. The number of likely N-dealkylation sites (N-methyl/N-ethyl adjacent to an activating group) is 3. The van der Waals surface area contributed by atoms with Crippen molar-refractivity contribution in [2.75, 3.05) is 87.7 Å². The maximum absolute atomic E-state index is 15.0. The van der Waals surface area contributed by atoms with Gasteiger partial charge in [-0.3, -0.25) is 57.5 Å². The zero-order chi connectivity index (χ0) is 69.5. The molecule has 29 nitrogen and oxygen atoms in total. The van der Waals surface area contributed by atoms with Crippen molar-refractivity contribution in [1.82, 2.24) is 62.3 Å². The highest BCUT2D eigenvalue weighted by Gasteiger charge is 2.41. The van der Waals surface area contributed by atoms with Gasteiger partial charge in [-0.2, -0.15) is 0 Å². The summed E-state index contributed by atoms with van der Waals surface area (Å²) in [6, 6.07) is 2.51. The Bertz CT molecular complexity index is 3470. The van der Waals surface area contributed by atoms with Crippen LogP contribution in [0, 0.1) is 11.8 Å². The number of carboxylic acid groups (broad SMARTS) is 2. The van der Waals surface area contributed by atoms with Gasteiger partial charge in [-0.25, -0.2) is 0 Å². The second-order valence-electron chi connectivity index (χ2n) is 27.1. The molecule has 0 aliphatic carbocycles. The summed E-state index contributed by atoms with van der Waals surface area (Å²) in [6.45, 7) is 10.5. The van der Waals surface area contributed by atoms with Crippen molar-refractivity contribution in [3.05, 3.63) is 71.5 Å². The fraction of sp³-hybridized carbons (Fsp3) is 0.576. The highest BCUT2D eigenvalue weighted by Crippen LogP contribution is 2.26. The molecule has 0 radical (unpaired) electrons. The van der Waals surface area contributed by atoms with E-state index in [-0.39, 0.29) is 25.7 Å². The number of unbranched alkanes of at least 4 members (excludes halogenated alkanes) is 2. The number of benzene rings is 2. The molecule has 7 rings (SSSR count). The predicted octanol–water partition coefficient (Wildman–Crippen LogP) is -0.0880. The molecule has 8 unspecified atom stereocenters. The monoisotopic (exact) mass is 1320 g/mol. The Kier molecular flexibility index (Phi) is 25.5. The number of nitrogens with one attached hydrogen (secondary N) is 10. The van der Waals surface area contributed by atoms with Crippen molar-refractivity contribution in [3.8, 4) is 0 Å². The van der Waals surface area contributed by atoms with Crippen LogP contribution in [0.1, 0.15) is 95.8 Å². The topological polar surface area (TPSA) is 389 Å². The number of hydrogen-bond donors (Lipinski definition) is 12. The number of carbonyl (C=O) groups is 12. The molecule has 3 fully saturated rings. The maximum Gasteiger partial charge on any atom is 0.305 e. The minimum Gasteiger partial charge on any atom is -0.481 e. The molecule has 8 atom stereocenters. The lowest BCUT2D eigenvalue weighted by molar-refractivity contribution is -0.917. The van der Waals surface area contributed by atoms with E-state index in [0.717, 1.165) is 47.0 Å². The molecule has 5 heterocycles. The zero-order valence-corrected chi connectivity index (χ0v) is 55.9. The van der Waals surface area contributed by atoms with Gasteiger partial charge in [-0.15, -0.1) is 0 Å². The highest BCUT2D eigenvalue weighted by atomic mass is 16.5. The van der Waals surface area contributed by atoms with Gasteiger partial charge in [0.05, 0.1) is 73.4 Å². The van der Waals surface area contributed by atoms with Crippen LogP contribution in [0.15, 0.2) is 54.9 Å². The number of fused-ring (bicyclic) bond motifs is 2. The molecule has 0 saturated carbocycles. The van der Waals surface area contributed by atoms with Gasteiger partial charge >= 0.3 is 11.9 Å². The molecule has 518 valence electrons. The smallest absolute Gasteiger partial charge is 0.305 e. The average molecular weight is 1330 g/mol. The second-order valence-corrected chi connectivity index (χ2v) is 27.1. The number of aliphatic carboxylic acids is 2. The Balaban J connectivity index is 1.06. The summed E-state index contributed by atoms with van der Waals surface area (Å²) < 4.78 is 6.77. The van der Waals surface area contributed by atoms with E-state index in [4.69, 9.17) is 4.74 Å². The molecule has 2 aromatic heterocycles. The van der Waals surface area contributed by atoms with Gasteiger partial charge in [0.2, 0.25) is 59.1 Å². The number of nitrogens with zero attached hydrogens (tertiary/aromatic N) is 4. The molecular formula is C66H96N14O15+2. The van der Waals surface area contributed by atoms with E-state index in [9.17, 15) is 67.7 Å². The normalized spacial score (nSPS) is 23.7. The third kappa shape index (κ3) is 20.3. The van der Waals surface area contributed by atoms with Crippen molar-refractivity contribution in [2.24, 2.45) is 11.8 Å². The molecule has 3 aliphatic heterocycles. The molecule has 2 aromatic carbocycles. The lowest BCUT2D eigenvalue weighted by Gasteiger charge is -2.37. The number of morpholine rings is 1. The lowest BCUT2D eigenvalue weighted by Crippen LogP contribution is -2.59. The number of ether oxygens (including phenoxy) is 1. The molecule has 3 aliphatic rings. The summed E-state index contributed by atoms with van der Waals surface area (Å²) in [7, 11) is 9.03. The van der Waals surface area contributed by atoms with Crippen molar-refractivity contribution in [2.45, 2.75) is 147 Å². The van der Waals surface area contributed by atoms with Crippen LogP contribution in [0.3, 0.4) is 0 Å². The molecule has 95 heavy (non-hydrogen) atoms. The number of aromatic amines is 2. The van der Waals surface area contributed by atoms with E-state index in [1.54, 1.807) is 40.1 Å². The molecular weight excluding hydrogens is 1230 g/mol. The van der Waals surface area contributed by atoms with E-state index in [2.05, 4.69) is 59.5 Å². The van der Waals surface area contributed by atoms with Gasteiger partial charge < -0.3 is 86.2 Å². The lowest BCUT2D eigenvalue weighted by atomic mass is 9.97. The number of carbonyl (C=O) groups excluding carboxylic acids is 10. The van der Waals surface area contributed by atoms with Gasteiger partial charge in [0.1, 0.15) is 68.0 Å². The zero-order valence-electron chi connectivity index (χ0n) is 55.9. The van der Waals surface area contributed by atoms with Crippen LogP contribution in [0.2, 0.25) is 0 Å². The van der Waals surface area contributed by atoms with Crippen LogP contribution in [0.5, 0.6) is 0 Å². The Labute approximate surface area is 552 Å². The SMILES string of the molecule is CC(C)C1C(=O)NC(CCCC[N+](C)(C)Cc2ccc3[nH]cc(CC4NC(=O)C(CC(=O)O)NC(=O)CNC(=O)C(CCCC[N+]5(C)CCOCC5)NC(=O)C(C(C)C)N(C)C4=O)c3c2)C(=O)NCC(=O)NC(CC(=O)O)C(=O)NC(Cc2c[nH]c3ccccc23)C(=O)N1C. The first-order valence-electron chi connectivity index (χ1n) is 32.6. The number of H-pyrrole nitrogens is 2. The first kappa shape index (κ1) is 73.5. The Morgan fingerprint density at radius 1 is 0.568 bits per heavy atom. The summed E-state index contributed by atoms with van der Waals surface area (Å²) >= 11 is 0. The highest BCUT2D eigenvalue weighted by molar-refractivity contribution is 6.00. The van der Waals surface area contributed by atoms with Crippen molar-refractivity contribution < 1.29 is 81.5 Å². The van der Waals surface area contributed by atoms with Crippen molar-refractivity contribution in [1.29, 1.82) is 0 Å². The van der Waals surface area contributed by atoms with Crippen LogP contribution >= 0.6 is 0 Å². The predicted molar refractivity (Wildman–Crippen MR) is 349 cm³/mol. The molecule has 4 aromatic rings. The standard InChI is InChI=1S/C66H94N14O15/c1-38(2)57-63(91)73-47(59(87)69-35-53(81)71-49(31-55(83)84)61(89)75-51(65(93)77(57)5)29-41-33-67-45-17-11-10-16-43(41)45)18-12-14-22-79(7,8)37-40-20-21-46-44(28-40)42(34-68-46)30-52-66(94)78(6)58(39(3)4)64(92)74-48(19-13-15-23-80(9)24-26-95-27-25-80)60(88)70-36-54(82)72-50(32-56(85)86)62(90)76-52/h10-11,16-17,20-21,28,33-34,38-39,47-52,57-58,67-68H,12-15,18-19,22-27,29-32,35-37H2,1-9H3,(H8-2,69,70,71,72,73,74,75,76,81,82,83,84,85,86,87,88,89,90,91,92)/p+2. The van der Waals surface area contributed by atoms with Gasteiger partial charge in [0.15, 0.2) is 0 Å². The average Bonchev–Trinajstić information content (AvgIpc) is 1.75. The number of aromatic nitrogens is 2. The molecule has 0 spiro atoms. The number of para-hydroxylation sites is 1. The molecule has 29 heteroatoms. The molecule has 12 N–H and O–H groups in total. The van der Waals surface area contributed by atoms with Crippen molar-refractivity contribution >= 4 is 92.8 Å². The van der Waals surface area contributed by atoms with Gasteiger partial charge in [-0.1, -0.05) is 52.0 Å². The van der Waals surface area contributed by atoms with Crippen LogP contribution in [-0.2, 0) is 81.7 Å². The van der Waals surface area contributed by atoms with E-state index < -0.39 is 157 Å². The van der Waals surface area contributed by atoms with E-state index in [1.165, 1.54) is 23.9 Å². The second kappa shape index (κ2) is 32.9. The first-order valence-corrected chi connectivity index (χ1v) is 32.6. The number of quaternary nitrogens is 2. The Morgan fingerprint density at radius 3 is 1.51 bits per heavy atom. The number of carboxylic acids is 2. The molecule has 10 amide bonds. The van der Waals surface area contributed by atoms with Gasteiger partial charge in [0, 0.05) is 66.7 Å². The number of hydrogen-bond acceptors (Lipinski definition) is 13. The largest absolute Gasteiger partial charge is 0.481 e. The third-order valence-electron chi connectivity index (χ3n) is 18.2. The minimum absolute atomic E-state index is 0.0612. The summed E-state index contributed by atoms with van der Waals surface area (Å²) in [6.07, 6.45) is 4.05. The van der Waals surface area contributed by atoms with Crippen molar-refractivity contribution in [3.63, 3.8) is 0 Å². The third-order valence-corrected chi connectivity index (χ3v) is 18.2. The van der Waals surface area contributed by atoms with Gasteiger partial charge in [-0.05, 0) is 79.7 Å². The minimum atomic E-state index is -1.66. The fourth-order valence-electron chi connectivity index (χ4n) is 13.0. The molecule has 0 bridgehead atoms. The summed E-state index contributed by atoms with van der Waals surface area (Å²) in [5.41, 5.74) is 3.59. The number of rotatable bonds is 22. The number of amides is 10. The van der Waals surface area contributed by atoms with E-state index in [0.29, 0.717) is 72.1 Å². The summed E-state index contributed by atoms with van der Waals surface area (Å²) in [5.74, 6) is -11.5. The molecule has 3 saturated heterocycles. The maximum atomic E-state index is 15.0. The van der Waals surface area contributed by atoms with Crippen LogP contribution in [0.4, 0.5) is 0 Å². The van der Waals surface area contributed by atoms with Crippen LogP contribution in [-0.4, -0.2) is 246 Å². The van der Waals surface area contributed by atoms with E-state index in [1.807, 2.05) is 56.6 Å². The summed E-state index contributed by atoms with van der Waals surface area (Å²) in [5, 5.41) is 42.1. The quantitative estimate of drug-likeness (QED) is 0.0362. The van der Waals surface area contributed by atoms with Crippen LogP contribution in [0.25, 0.3) is 21.8 Å². The van der Waals surface area contributed by atoms with Gasteiger partial charge in [0.25, 0.3) is 0 Å². The van der Waals surface area contributed by atoms with Crippen LogP contribution < -0.4 is 42.5 Å². The van der Waals surface area contributed by atoms with E-state index >= 15 is 0 Å².